The summed E-state index contributed by atoms with van der Waals surface area (Å²) in [6, 6.07) is 11.9. The number of hydrogen-bond donors (Lipinski definition) is 0. The molecule has 2 fully saturated rings. The van der Waals surface area contributed by atoms with Gasteiger partial charge >= 0.3 is 12.0 Å². The maximum absolute atomic E-state index is 13.9. The predicted molar refractivity (Wildman–Crippen MR) is 120 cm³/mol. The molecule has 3 aliphatic rings. The molecule has 3 amide bonds. The van der Waals surface area contributed by atoms with Gasteiger partial charge in [0.2, 0.25) is 0 Å². The van der Waals surface area contributed by atoms with E-state index in [-0.39, 0.29) is 13.2 Å². The van der Waals surface area contributed by atoms with Gasteiger partial charge in [0.05, 0.1) is 30.9 Å². The number of anilines is 1. The predicted octanol–water partition coefficient (Wildman–Crippen LogP) is 4.23. The van der Waals surface area contributed by atoms with Gasteiger partial charge in [-0.2, -0.15) is 0 Å². The number of amides is 3. The van der Waals surface area contributed by atoms with E-state index in [0.29, 0.717) is 11.4 Å². The first-order chi connectivity index (χ1) is 15.3. The molecule has 2 aromatic rings. The van der Waals surface area contributed by atoms with Gasteiger partial charge in [-0.3, -0.25) is 9.59 Å². The van der Waals surface area contributed by atoms with Gasteiger partial charge < -0.3 is 14.4 Å². The van der Waals surface area contributed by atoms with Crippen molar-refractivity contribution < 1.29 is 23.9 Å². The molecule has 2 aromatic carbocycles. The monoisotopic (exact) mass is 498 g/mol. The molecule has 4 atom stereocenters. The van der Waals surface area contributed by atoms with Crippen molar-refractivity contribution in [1.82, 2.24) is 4.90 Å². The molecule has 166 valence electrons. The molecule has 0 radical (unpaired) electrons. The van der Waals surface area contributed by atoms with Gasteiger partial charge in [-0.05, 0) is 56.7 Å². The van der Waals surface area contributed by atoms with Gasteiger partial charge in [0.1, 0.15) is 11.3 Å². The summed E-state index contributed by atoms with van der Waals surface area (Å²) in [5.74, 6) is -1.49. The molecule has 0 aromatic heterocycles. The standard InChI is InChI=1S/C24H23BrN2O5/c1-4-31-21(28)19-17-12-32-18-9-8-14(25)11-16(18)20(17)27-23(30)26(22(29)24(19,27)3)15-7-5-6-13(2)10-15/h5-11,17,19-20H,4,12H2,1-3H3/t17-,19+,20+,24+/m1/s1. The van der Waals surface area contributed by atoms with Crippen LogP contribution < -0.4 is 9.64 Å². The van der Waals surface area contributed by atoms with Crippen LogP contribution in [0.2, 0.25) is 0 Å². The number of hydrogen-bond acceptors (Lipinski definition) is 5. The second-order valence-electron chi connectivity index (χ2n) is 8.61. The number of urea groups is 1. The lowest BCUT2D eigenvalue weighted by Gasteiger charge is -2.34. The van der Waals surface area contributed by atoms with Crippen LogP contribution in [0.3, 0.4) is 0 Å². The van der Waals surface area contributed by atoms with Crippen molar-refractivity contribution in [2.75, 3.05) is 18.1 Å². The average Bonchev–Trinajstić information content (AvgIpc) is 3.13. The summed E-state index contributed by atoms with van der Waals surface area (Å²) in [6.45, 7) is 5.73. The normalized spacial score (nSPS) is 28.2. The van der Waals surface area contributed by atoms with Gasteiger partial charge in [0, 0.05) is 16.0 Å². The Morgan fingerprint density at radius 3 is 2.75 bits per heavy atom. The molecule has 8 heteroatoms. The molecular formula is C24H23BrN2O5. The minimum atomic E-state index is -1.38. The summed E-state index contributed by atoms with van der Waals surface area (Å²) in [5, 5.41) is 0. The zero-order chi connectivity index (χ0) is 22.8. The molecule has 0 unspecified atom stereocenters. The minimum Gasteiger partial charge on any atom is -0.493 e. The minimum absolute atomic E-state index is 0.190. The molecule has 0 saturated carbocycles. The van der Waals surface area contributed by atoms with Crippen LogP contribution >= 0.6 is 15.9 Å². The Morgan fingerprint density at radius 1 is 1.25 bits per heavy atom. The third-order valence-corrected chi connectivity index (χ3v) is 7.27. The summed E-state index contributed by atoms with van der Waals surface area (Å²) in [6.07, 6.45) is 0. The van der Waals surface area contributed by atoms with Crippen LogP contribution in [-0.4, -0.2) is 41.6 Å². The van der Waals surface area contributed by atoms with Crippen molar-refractivity contribution in [3.63, 3.8) is 0 Å². The summed E-state index contributed by atoms with van der Waals surface area (Å²) >= 11 is 3.50. The van der Waals surface area contributed by atoms with E-state index >= 15 is 0 Å². The number of rotatable bonds is 3. The van der Waals surface area contributed by atoms with Crippen molar-refractivity contribution in [3.8, 4) is 5.75 Å². The molecule has 3 heterocycles. The number of nitrogens with zero attached hydrogens (tertiary/aromatic N) is 2. The van der Waals surface area contributed by atoms with E-state index < -0.39 is 41.3 Å². The SMILES string of the molecule is CCOC(=O)[C@@H]1[C@H]2COc3ccc(Br)cc3[C@@H]2N2C(=O)N(c3cccc(C)c3)C(=O)[C@]12C. The highest BCUT2D eigenvalue weighted by molar-refractivity contribution is 9.10. The number of fused-ring (bicyclic) bond motifs is 5. The highest BCUT2D eigenvalue weighted by Gasteiger charge is 2.72. The maximum Gasteiger partial charge on any atom is 0.332 e. The van der Waals surface area contributed by atoms with Crippen molar-refractivity contribution in [2.45, 2.75) is 32.4 Å². The van der Waals surface area contributed by atoms with Gasteiger partial charge in [0.15, 0.2) is 0 Å². The van der Waals surface area contributed by atoms with Crippen LogP contribution in [0.5, 0.6) is 5.75 Å². The summed E-state index contributed by atoms with van der Waals surface area (Å²) in [7, 11) is 0. The average molecular weight is 499 g/mol. The van der Waals surface area contributed by atoms with Gasteiger partial charge in [-0.25, -0.2) is 9.69 Å². The number of halogens is 1. The second-order valence-corrected chi connectivity index (χ2v) is 9.53. The van der Waals surface area contributed by atoms with Crippen LogP contribution in [0.1, 0.15) is 31.0 Å². The fourth-order valence-corrected chi connectivity index (χ4v) is 5.84. The zero-order valence-electron chi connectivity index (χ0n) is 18.0. The Morgan fingerprint density at radius 2 is 2.03 bits per heavy atom. The first kappa shape index (κ1) is 21.0. The Hall–Kier alpha value is -2.87. The van der Waals surface area contributed by atoms with Crippen molar-refractivity contribution in [2.24, 2.45) is 11.8 Å². The van der Waals surface area contributed by atoms with Crippen molar-refractivity contribution >= 4 is 39.5 Å². The fourth-order valence-electron chi connectivity index (χ4n) is 5.46. The lowest BCUT2D eigenvalue weighted by atomic mass is 9.77. The third-order valence-electron chi connectivity index (χ3n) is 6.77. The van der Waals surface area contributed by atoms with Gasteiger partial charge in [0.25, 0.3) is 5.91 Å². The molecule has 2 saturated heterocycles. The van der Waals surface area contributed by atoms with E-state index in [0.717, 1.165) is 15.6 Å². The van der Waals surface area contributed by atoms with E-state index in [2.05, 4.69) is 15.9 Å². The van der Waals surface area contributed by atoms with Crippen LogP contribution in [0.25, 0.3) is 0 Å². The molecule has 32 heavy (non-hydrogen) atoms. The largest absolute Gasteiger partial charge is 0.493 e. The Balaban J connectivity index is 1.70. The van der Waals surface area contributed by atoms with Crippen molar-refractivity contribution in [3.05, 3.63) is 58.1 Å². The van der Waals surface area contributed by atoms with E-state index in [1.165, 1.54) is 4.90 Å². The summed E-state index contributed by atoms with van der Waals surface area (Å²) in [4.78, 5) is 43.7. The van der Waals surface area contributed by atoms with Gasteiger partial charge in [-0.15, -0.1) is 0 Å². The van der Waals surface area contributed by atoms with Crippen LogP contribution in [-0.2, 0) is 14.3 Å². The first-order valence-electron chi connectivity index (χ1n) is 10.6. The lowest BCUT2D eigenvalue weighted by Crippen LogP contribution is -2.51. The Labute approximate surface area is 194 Å². The number of carbonyl (C=O) groups is 3. The van der Waals surface area contributed by atoms with Crippen LogP contribution in [0.15, 0.2) is 46.9 Å². The number of benzene rings is 2. The molecule has 0 N–H and O–H groups in total. The summed E-state index contributed by atoms with van der Waals surface area (Å²) in [5.41, 5.74) is 0.827. The van der Waals surface area contributed by atoms with E-state index in [1.807, 2.05) is 37.3 Å². The first-order valence-corrected chi connectivity index (χ1v) is 11.4. The number of imide groups is 1. The van der Waals surface area contributed by atoms with E-state index in [9.17, 15) is 14.4 Å². The highest BCUT2D eigenvalue weighted by Crippen LogP contribution is 2.58. The number of carbonyl (C=O) groups excluding carboxylic acids is 3. The van der Waals surface area contributed by atoms with E-state index in [4.69, 9.17) is 9.47 Å². The molecule has 7 nitrogen and oxygen atoms in total. The maximum atomic E-state index is 13.9. The van der Waals surface area contributed by atoms with Crippen LogP contribution in [0, 0.1) is 18.8 Å². The second kappa shape index (κ2) is 7.33. The lowest BCUT2D eigenvalue weighted by molar-refractivity contribution is -0.154. The molecular weight excluding hydrogens is 476 g/mol. The third kappa shape index (κ3) is 2.75. The smallest absolute Gasteiger partial charge is 0.332 e. The molecule has 5 rings (SSSR count). The molecule has 0 bridgehead atoms. The molecule has 0 spiro atoms. The quantitative estimate of drug-likeness (QED) is 0.467. The van der Waals surface area contributed by atoms with Crippen LogP contribution in [0.4, 0.5) is 10.5 Å². The number of esters is 1. The number of ether oxygens (including phenoxy) is 2. The van der Waals surface area contributed by atoms with Gasteiger partial charge in [-0.1, -0.05) is 28.1 Å². The zero-order valence-corrected chi connectivity index (χ0v) is 19.6. The number of aryl methyl sites for hydroxylation is 1. The Bertz CT molecular complexity index is 1150. The molecule has 0 aliphatic carbocycles. The fraction of sp³-hybridized carbons (Fsp3) is 0.375. The summed E-state index contributed by atoms with van der Waals surface area (Å²) < 4.78 is 12.2. The topological polar surface area (TPSA) is 76.2 Å². The highest BCUT2D eigenvalue weighted by atomic mass is 79.9. The van der Waals surface area contributed by atoms with E-state index in [1.54, 1.807) is 30.9 Å². The van der Waals surface area contributed by atoms with Crippen molar-refractivity contribution in [1.29, 1.82) is 0 Å². The molecule has 3 aliphatic heterocycles. The Kier molecular flexibility index (Phi) is 4.81.